The Balaban J connectivity index is 2.75. The van der Waals surface area contributed by atoms with Crippen molar-refractivity contribution in [2.75, 3.05) is 5.32 Å². The number of anilines is 1. The maximum atomic E-state index is 12.2. The molecule has 1 aromatic heterocycles. The van der Waals surface area contributed by atoms with Crippen molar-refractivity contribution >= 4 is 11.7 Å². The van der Waals surface area contributed by atoms with Gasteiger partial charge in [-0.3, -0.25) is 4.79 Å². The quantitative estimate of drug-likeness (QED) is 0.880. The van der Waals surface area contributed by atoms with Crippen LogP contribution in [0.5, 0.6) is 0 Å². The molecule has 1 heterocycles. The lowest BCUT2D eigenvalue weighted by atomic mass is 9.93. The van der Waals surface area contributed by atoms with Crippen molar-refractivity contribution in [1.82, 2.24) is 10.5 Å². The first kappa shape index (κ1) is 15.7. The first-order valence-corrected chi connectivity index (χ1v) is 6.59. The Morgan fingerprint density at radius 2 is 1.84 bits per heavy atom. The van der Waals surface area contributed by atoms with E-state index in [2.05, 4.69) is 15.8 Å². The van der Waals surface area contributed by atoms with Crippen molar-refractivity contribution in [1.29, 1.82) is 0 Å². The summed E-state index contributed by atoms with van der Waals surface area (Å²) in [7, 11) is 0. The molecule has 1 rings (SSSR count). The molecule has 0 aliphatic carbocycles. The van der Waals surface area contributed by atoms with E-state index in [1.54, 1.807) is 6.07 Å². The second-order valence-corrected chi connectivity index (χ2v) is 6.70. The van der Waals surface area contributed by atoms with Crippen LogP contribution >= 0.6 is 0 Å². The van der Waals surface area contributed by atoms with Gasteiger partial charge in [0, 0.05) is 17.5 Å². The molecule has 0 aromatic carbocycles. The fraction of sp³-hybridized carbons (Fsp3) is 0.714. The normalized spacial score (nSPS) is 12.8. The summed E-state index contributed by atoms with van der Waals surface area (Å²) in [5, 5.41) is 9.86. The highest BCUT2D eigenvalue weighted by atomic mass is 16.5. The lowest BCUT2D eigenvalue weighted by Crippen LogP contribution is -2.52. The van der Waals surface area contributed by atoms with Gasteiger partial charge in [-0.1, -0.05) is 25.9 Å². The van der Waals surface area contributed by atoms with Crippen molar-refractivity contribution in [2.24, 2.45) is 0 Å². The van der Waals surface area contributed by atoms with Gasteiger partial charge >= 0.3 is 0 Å². The molecule has 0 aliphatic rings. The Morgan fingerprint density at radius 3 is 2.26 bits per heavy atom. The van der Waals surface area contributed by atoms with E-state index in [0.717, 1.165) is 5.76 Å². The molecule has 0 aliphatic heterocycles. The van der Waals surface area contributed by atoms with Crippen molar-refractivity contribution in [2.45, 2.75) is 65.5 Å². The molecule has 0 atom stereocenters. The SMILES string of the molecule is CC(C)NC(C)(C)C(=O)Nc1cc(C(C)(C)C)on1. The second kappa shape index (κ2) is 5.33. The molecule has 2 N–H and O–H groups in total. The molecule has 0 bridgehead atoms. The molecule has 0 unspecified atom stereocenters. The molecule has 108 valence electrons. The average Bonchev–Trinajstić information content (AvgIpc) is 2.63. The van der Waals surface area contributed by atoms with Gasteiger partial charge in [0.1, 0.15) is 5.76 Å². The zero-order chi connectivity index (χ0) is 14.8. The summed E-state index contributed by atoms with van der Waals surface area (Å²) in [4.78, 5) is 12.2. The summed E-state index contributed by atoms with van der Waals surface area (Å²) >= 11 is 0. The maximum Gasteiger partial charge on any atom is 0.245 e. The van der Waals surface area contributed by atoms with Crippen molar-refractivity contribution in [3.05, 3.63) is 11.8 Å². The number of hydrogen-bond donors (Lipinski definition) is 2. The van der Waals surface area contributed by atoms with Crippen LogP contribution in [0.15, 0.2) is 10.6 Å². The first-order valence-electron chi connectivity index (χ1n) is 6.59. The van der Waals surface area contributed by atoms with E-state index in [-0.39, 0.29) is 17.4 Å². The summed E-state index contributed by atoms with van der Waals surface area (Å²) in [6, 6.07) is 1.99. The van der Waals surface area contributed by atoms with Crippen molar-refractivity contribution in [3.63, 3.8) is 0 Å². The summed E-state index contributed by atoms with van der Waals surface area (Å²) < 4.78 is 5.24. The van der Waals surface area contributed by atoms with Crippen LogP contribution in [0, 0.1) is 0 Å². The molecule has 0 saturated carbocycles. The molecule has 0 spiro atoms. The zero-order valence-corrected chi connectivity index (χ0v) is 12.9. The van der Waals surface area contributed by atoms with Gasteiger partial charge in [0.25, 0.3) is 0 Å². The van der Waals surface area contributed by atoms with Crippen LogP contribution in [0.3, 0.4) is 0 Å². The number of carbonyl (C=O) groups is 1. The molecule has 5 nitrogen and oxygen atoms in total. The number of amides is 1. The predicted molar refractivity (Wildman–Crippen MR) is 76.2 cm³/mol. The second-order valence-electron chi connectivity index (χ2n) is 6.70. The molecule has 5 heteroatoms. The van der Waals surface area contributed by atoms with Crippen LogP contribution < -0.4 is 10.6 Å². The van der Waals surface area contributed by atoms with Gasteiger partial charge < -0.3 is 15.2 Å². The third-order valence-electron chi connectivity index (χ3n) is 2.71. The lowest BCUT2D eigenvalue weighted by molar-refractivity contribution is -0.121. The van der Waals surface area contributed by atoms with Gasteiger partial charge in [0.05, 0.1) is 5.54 Å². The van der Waals surface area contributed by atoms with Crippen molar-refractivity contribution in [3.8, 4) is 0 Å². The number of nitrogens with zero attached hydrogens (tertiary/aromatic N) is 1. The number of aromatic nitrogens is 1. The third kappa shape index (κ3) is 4.35. The van der Waals surface area contributed by atoms with E-state index >= 15 is 0 Å². The summed E-state index contributed by atoms with van der Waals surface area (Å²) in [6.45, 7) is 13.8. The van der Waals surface area contributed by atoms with Crippen LogP contribution in [-0.4, -0.2) is 22.6 Å². The van der Waals surface area contributed by atoms with Gasteiger partial charge in [0.2, 0.25) is 5.91 Å². The fourth-order valence-electron chi connectivity index (χ4n) is 1.75. The van der Waals surface area contributed by atoms with Gasteiger partial charge in [-0.15, -0.1) is 0 Å². The van der Waals surface area contributed by atoms with Crippen LogP contribution in [0.1, 0.15) is 54.2 Å². The Morgan fingerprint density at radius 1 is 1.26 bits per heavy atom. The fourth-order valence-corrected chi connectivity index (χ4v) is 1.75. The number of carbonyl (C=O) groups excluding carboxylic acids is 1. The van der Waals surface area contributed by atoms with Gasteiger partial charge in [-0.05, 0) is 27.7 Å². The Labute approximate surface area is 115 Å². The Bertz CT molecular complexity index is 442. The standard InChI is InChI=1S/C14H25N3O2/c1-9(2)16-14(6,7)12(18)15-11-8-10(19-17-11)13(3,4)5/h8-9,16H,1-7H3,(H,15,17,18). The minimum absolute atomic E-state index is 0.123. The number of rotatable bonds is 4. The molecule has 19 heavy (non-hydrogen) atoms. The summed E-state index contributed by atoms with van der Waals surface area (Å²) in [6.07, 6.45) is 0. The first-order chi connectivity index (χ1) is 8.52. The van der Waals surface area contributed by atoms with Gasteiger partial charge in [-0.25, -0.2) is 0 Å². The predicted octanol–water partition coefficient (Wildman–Crippen LogP) is 2.69. The average molecular weight is 267 g/mol. The smallest absolute Gasteiger partial charge is 0.245 e. The van der Waals surface area contributed by atoms with Crippen LogP contribution in [0.25, 0.3) is 0 Å². The number of nitrogens with one attached hydrogen (secondary N) is 2. The van der Waals surface area contributed by atoms with Crippen LogP contribution in [0.2, 0.25) is 0 Å². The van der Waals surface area contributed by atoms with Crippen LogP contribution in [0.4, 0.5) is 5.82 Å². The monoisotopic (exact) mass is 267 g/mol. The van der Waals surface area contributed by atoms with Crippen LogP contribution in [-0.2, 0) is 10.2 Å². The molecule has 0 radical (unpaired) electrons. The summed E-state index contributed by atoms with van der Waals surface area (Å²) in [5.74, 6) is 1.07. The maximum absolute atomic E-state index is 12.2. The Kier molecular flexibility index (Phi) is 4.40. The summed E-state index contributed by atoms with van der Waals surface area (Å²) in [5.41, 5.74) is -0.781. The number of hydrogen-bond acceptors (Lipinski definition) is 4. The lowest BCUT2D eigenvalue weighted by Gasteiger charge is -2.26. The highest BCUT2D eigenvalue weighted by Gasteiger charge is 2.29. The minimum Gasteiger partial charge on any atom is -0.359 e. The Hall–Kier alpha value is -1.36. The molecular weight excluding hydrogens is 242 g/mol. The molecule has 0 saturated heterocycles. The van der Waals surface area contributed by atoms with E-state index in [0.29, 0.717) is 5.82 Å². The highest BCUT2D eigenvalue weighted by Crippen LogP contribution is 2.24. The van der Waals surface area contributed by atoms with E-state index < -0.39 is 5.54 Å². The molecule has 1 amide bonds. The van der Waals surface area contributed by atoms with Crippen molar-refractivity contribution < 1.29 is 9.32 Å². The third-order valence-corrected chi connectivity index (χ3v) is 2.71. The zero-order valence-electron chi connectivity index (χ0n) is 12.9. The van der Waals surface area contributed by atoms with E-state index in [4.69, 9.17) is 4.52 Å². The van der Waals surface area contributed by atoms with E-state index in [9.17, 15) is 4.79 Å². The van der Waals surface area contributed by atoms with E-state index in [1.807, 2.05) is 48.5 Å². The largest absolute Gasteiger partial charge is 0.359 e. The van der Waals surface area contributed by atoms with Gasteiger partial charge in [0.15, 0.2) is 5.82 Å². The van der Waals surface area contributed by atoms with E-state index in [1.165, 1.54) is 0 Å². The topological polar surface area (TPSA) is 67.2 Å². The van der Waals surface area contributed by atoms with Gasteiger partial charge in [-0.2, -0.15) is 0 Å². The highest BCUT2D eigenvalue weighted by molar-refractivity contribution is 5.96. The molecule has 0 fully saturated rings. The molecule has 1 aromatic rings. The minimum atomic E-state index is -0.658. The molecular formula is C14H25N3O2.